The van der Waals surface area contributed by atoms with Crippen molar-refractivity contribution in [3.05, 3.63) is 37.0 Å². The predicted molar refractivity (Wildman–Crippen MR) is 248 cm³/mol. The number of ether oxygens (including phenoxy) is 1. The minimum absolute atomic E-state index is 0.00495. The Labute approximate surface area is 398 Å². The smallest absolute Gasteiger partial charge is 0.393 e. The van der Waals surface area contributed by atoms with Crippen molar-refractivity contribution in [2.75, 3.05) is 37.8 Å². The zero-order valence-corrected chi connectivity index (χ0v) is 41.7. The molecule has 8 atom stereocenters. The van der Waals surface area contributed by atoms with Crippen LogP contribution < -0.4 is 16.4 Å². The number of aromatic nitrogens is 4. The average Bonchev–Trinajstić information content (AvgIpc) is 3.82. The number of nitrogen functional groups attached to an aromatic ring is 1. The van der Waals surface area contributed by atoms with Crippen LogP contribution in [0.25, 0.3) is 11.2 Å². The highest BCUT2D eigenvalue weighted by atomic mass is 32.2. The van der Waals surface area contributed by atoms with Crippen molar-refractivity contribution >= 4 is 69.1 Å². The van der Waals surface area contributed by atoms with Gasteiger partial charge in [0.2, 0.25) is 11.8 Å². The third-order valence-electron chi connectivity index (χ3n) is 10.2. The molecule has 1 aliphatic rings. The number of nitrogens with two attached hydrogens (primary N) is 1. The molecule has 68 heavy (non-hydrogen) atoms. The van der Waals surface area contributed by atoms with Crippen LogP contribution in [0.4, 0.5) is 5.82 Å². The van der Waals surface area contributed by atoms with Gasteiger partial charge in [0.1, 0.15) is 36.3 Å². The number of allylic oxidation sites excluding steroid dienone is 4. The predicted octanol–water partition coefficient (Wildman–Crippen LogP) is 3.45. The summed E-state index contributed by atoms with van der Waals surface area (Å²) in [5, 5.41) is 36.6. The van der Waals surface area contributed by atoms with Gasteiger partial charge in [-0.25, -0.2) is 28.6 Å². The van der Waals surface area contributed by atoms with Crippen molar-refractivity contribution in [2.45, 2.75) is 135 Å². The number of carbonyl (C=O) groups is 3. The molecule has 1 saturated heterocycles. The number of nitrogens with one attached hydrogen (secondary N) is 2. The molecular weight excluding hydrogens is 979 g/mol. The Balaban J connectivity index is 1.32. The van der Waals surface area contributed by atoms with Gasteiger partial charge in [-0.2, -0.15) is 4.31 Å². The largest absolute Gasteiger partial charge is 0.481 e. The molecule has 0 aliphatic carbocycles. The number of unbranched alkanes of at least 4 members (excludes halogenated alkanes) is 6. The number of aliphatic hydroxyl groups is 3. The summed E-state index contributed by atoms with van der Waals surface area (Å²) in [5.41, 5.74) is 4.25. The number of imidazole rings is 1. The quantitative estimate of drug-likeness (QED) is 0.0278. The number of aliphatic hydroxyl groups excluding tert-OH is 3. The molecule has 8 unspecified atom stereocenters. The van der Waals surface area contributed by atoms with Gasteiger partial charge < -0.3 is 56.0 Å². The first-order valence-corrected chi connectivity index (χ1v) is 27.5. The number of amides is 2. The number of hydrogen-bond acceptors (Lipinski definition) is 19. The lowest BCUT2D eigenvalue weighted by Crippen LogP contribution is -2.46. The monoisotopic (exact) mass is 1050 g/mol. The number of anilines is 1. The molecule has 0 spiro atoms. The molecule has 3 heterocycles. The summed E-state index contributed by atoms with van der Waals surface area (Å²) in [7, 11) is -16.4. The van der Waals surface area contributed by atoms with E-state index in [4.69, 9.17) is 19.5 Å². The van der Waals surface area contributed by atoms with Gasteiger partial charge in [-0.05, 0) is 38.5 Å². The van der Waals surface area contributed by atoms with E-state index in [1.807, 2.05) is 0 Å². The van der Waals surface area contributed by atoms with E-state index >= 15 is 0 Å². The number of rotatable bonds is 33. The van der Waals surface area contributed by atoms with Crippen molar-refractivity contribution in [3.63, 3.8) is 0 Å². The number of hydrogen-bond donors (Lipinski definition) is 10. The number of fused-ring (bicyclic) bond motifs is 1. The standard InChI is InChI=1S/C39H66N7O18P3S/c1-4-5-6-7-8-9-10-11-12-13-14-15-16-17-27(47)22-30(49)68-21-20-41-29(48)18-19-42-37(52)34(51)39(2,3)24-61-67(58,59)64-66(56,57)60-23-28-33(63-65(53,54)55)32(50)38(62-28)46-26-45-31-35(40)43-25-44-36(31)46/h8-9,11-12,25-28,32-34,38,47,50-51H,4-7,10,13-24H2,1-3H3,(H,41,48)(H,42,52)(H,56,57)(H,58,59)(H2,40,43,44)(H2,53,54,55). The molecule has 0 saturated carbocycles. The first-order chi connectivity index (χ1) is 31.9. The highest BCUT2D eigenvalue weighted by Crippen LogP contribution is 2.61. The third-order valence-corrected chi connectivity index (χ3v) is 14.2. The van der Waals surface area contributed by atoms with Crippen LogP contribution in [-0.2, 0) is 50.7 Å². The Morgan fingerprint density at radius 2 is 1.62 bits per heavy atom. The minimum atomic E-state index is -5.59. The van der Waals surface area contributed by atoms with E-state index in [0.717, 1.165) is 67.5 Å². The number of phosphoric ester groups is 3. The molecule has 3 rings (SSSR count). The van der Waals surface area contributed by atoms with E-state index in [-0.39, 0.29) is 53.8 Å². The van der Waals surface area contributed by atoms with Crippen molar-refractivity contribution < 1.29 is 85.6 Å². The normalized spacial score (nSPS) is 20.7. The second-order valence-electron chi connectivity index (χ2n) is 16.5. The second kappa shape index (κ2) is 28.7. The zero-order valence-electron chi connectivity index (χ0n) is 38.2. The van der Waals surface area contributed by atoms with Crippen molar-refractivity contribution in [1.82, 2.24) is 30.2 Å². The first kappa shape index (κ1) is 59.3. The first-order valence-electron chi connectivity index (χ1n) is 22.0. The summed E-state index contributed by atoms with van der Waals surface area (Å²) < 4.78 is 62.4. The fourth-order valence-corrected chi connectivity index (χ4v) is 10.1. The molecule has 2 amide bonds. The van der Waals surface area contributed by atoms with E-state index < -0.39 is 90.7 Å². The van der Waals surface area contributed by atoms with Crippen LogP contribution in [0.2, 0.25) is 0 Å². The maximum atomic E-state index is 12.7. The number of carbonyl (C=O) groups excluding carboxylic acids is 3. The van der Waals surface area contributed by atoms with Crippen LogP contribution in [0.1, 0.15) is 104 Å². The number of thioether (sulfide) groups is 1. The summed E-state index contributed by atoms with van der Waals surface area (Å²) in [6, 6.07) is 0. The molecule has 0 radical (unpaired) electrons. The van der Waals surface area contributed by atoms with Gasteiger partial charge in [-0.1, -0.05) is 82.5 Å². The molecule has 2 aromatic heterocycles. The Bertz CT molecular complexity index is 2130. The van der Waals surface area contributed by atoms with Gasteiger partial charge in [-0.15, -0.1) is 0 Å². The Kier molecular flexibility index (Phi) is 25.1. The zero-order chi connectivity index (χ0) is 50.5. The molecule has 29 heteroatoms. The van der Waals surface area contributed by atoms with E-state index in [2.05, 4.69) is 65.6 Å². The molecule has 0 bridgehead atoms. The lowest BCUT2D eigenvalue weighted by molar-refractivity contribution is -0.137. The summed E-state index contributed by atoms with van der Waals surface area (Å²) in [4.78, 5) is 88.4. The molecular formula is C39H66N7O18P3S. The van der Waals surface area contributed by atoms with Gasteiger partial charge in [0.25, 0.3) is 0 Å². The van der Waals surface area contributed by atoms with Crippen LogP contribution in [0.15, 0.2) is 37.0 Å². The molecule has 1 fully saturated rings. The van der Waals surface area contributed by atoms with E-state index in [0.29, 0.717) is 6.42 Å². The van der Waals surface area contributed by atoms with Gasteiger partial charge in [0.15, 0.2) is 22.8 Å². The third kappa shape index (κ3) is 21.6. The Hall–Kier alpha value is -3.00. The highest BCUT2D eigenvalue weighted by Gasteiger charge is 2.50. The maximum Gasteiger partial charge on any atom is 0.481 e. The van der Waals surface area contributed by atoms with Crippen LogP contribution in [0.3, 0.4) is 0 Å². The Morgan fingerprint density at radius 1 is 0.941 bits per heavy atom. The molecule has 25 nitrogen and oxygen atoms in total. The SMILES string of the molecule is CCCCCC=CCC=CCCCCCC(O)CC(=O)SCCNC(=O)CCNC(=O)C(O)C(C)(C)COP(=O)(O)OP(=O)(O)OCC1OC(n2cnc3c(N)ncnc32)C(O)C1OP(=O)(O)O. The lowest BCUT2D eigenvalue weighted by Gasteiger charge is -2.30. The fourth-order valence-electron chi connectivity index (χ4n) is 6.49. The lowest BCUT2D eigenvalue weighted by atomic mass is 9.87. The van der Waals surface area contributed by atoms with Gasteiger partial charge in [0, 0.05) is 37.1 Å². The van der Waals surface area contributed by atoms with Gasteiger partial charge in [0.05, 0.1) is 25.6 Å². The van der Waals surface area contributed by atoms with Crippen molar-refractivity contribution in [3.8, 4) is 0 Å². The molecule has 11 N–H and O–H groups in total. The molecule has 386 valence electrons. The number of nitrogens with zero attached hydrogens (tertiary/aromatic N) is 4. The van der Waals surface area contributed by atoms with Crippen LogP contribution >= 0.6 is 35.2 Å². The molecule has 2 aromatic rings. The van der Waals surface area contributed by atoms with Crippen LogP contribution in [-0.4, -0.2) is 134 Å². The van der Waals surface area contributed by atoms with E-state index in [1.54, 1.807) is 0 Å². The summed E-state index contributed by atoms with van der Waals surface area (Å²) in [6.07, 6.45) is 11.1. The van der Waals surface area contributed by atoms with E-state index in [9.17, 15) is 63.0 Å². The topological polar surface area (TPSA) is 384 Å². The fraction of sp³-hybridized carbons (Fsp3) is 0.692. The van der Waals surface area contributed by atoms with E-state index in [1.165, 1.54) is 33.1 Å². The molecule has 0 aromatic carbocycles. The minimum Gasteiger partial charge on any atom is -0.393 e. The second-order valence-corrected chi connectivity index (χ2v) is 21.8. The van der Waals surface area contributed by atoms with Crippen molar-refractivity contribution in [1.29, 1.82) is 0 Å². The van der Waals surface area contributed by atoms with Crippen molar-refractivity contribution in [2.24, 2.45) is 5.41 Å². The molecule has 1 aliphatic heterocycles. The Morgan fingerprint density at radius 3 is 2.29 bits per heavy atom. The van der Waals surface area contributed by atoms with Crippen LogP contribution in [0.5, 0.6) is 0 Å². The van der Waals surface area contributed by atoms with Crippen LogP contribution in [0, 0.1) is 5.41 Å². The summed E-state index contributed by atoms with van der Waals surface area (Å²) in [5.74, 6) is -1.24. The summed E-state index contributed by atoms with van der Waals surface area (Å²) in [6.45, 7) is 2.57. The number of phosphoric acid groups is 3. The maximum absolute atomic E-state index is 12.7. The highest BCUT2D eigenvalue weighted by molar-refractivity contribution is 8.13. The van der Waals surface area contributed by atoms with Gasteiger partial charge >= 0.3 is 23.5 Å². The average molecular weight is 1050 g/mol. The van der Waals surface area contributed by atoms with Gasteiger partial charge in [-0.3, -0.25) is 32.5 Å². The summed E-state index contributed by atoms with van der Waals surface area (Å²) >= 11 is 0.986.